The molecular formula is C10H9N3O2S. The normalized spacial score (nSPS) is 10.1. The number of nitrogen functional groups attached to an aromatic ring is 1. The van der Waals surface area contributed by atoms with Gasteiger partial charge in [-0.1, -0.05) is 22.7 Å². The van der Waals surface area contributed by atoms with E-state index in [1.165, 1.54) is 0 Å². The number of benzene rings is 1. The standard InChI is InChI=1S/C10H9N3O2S/c1-6-4-2-3-5-7(6)15-10(14)8-9(11)12-13-16-8/h2-5H,11H2,1H3. The van der Waals surface area contributed by atoms with Gasteiger partial charge in [-0.25, -0.2) is 4.79 Å². The zero-order valence-corrected chi connectivity index (χ0v) is 9.32. The number of nitrogens with zero attached hydrogens (tertiary/aromatic N) is 2. The summed E-state index contributed by atoms with van der Waals surface area (Å²) < 4.78 is 8.75. The van der Waals surface area contributed by atoms with Gasteiger partial charge in [-0.2, -0.15) is 0 Å². The second kappa shape index (κ2) is 4.28. The van der Waals surface area contributed by atoms with Gasteiger partial charge in [0.05, 0.1) is 0 Å². The van der Waals surface area contributed by atoms with Crippen molar-refractivity contribution < 1.29 is 9.53 Å². The Labute approximate surface area is 96.0 Å². The lowest BCUT2D eigenvalue weighted by Crippen LogP contribution is -2.09. The number of esters is 1. The summed E-state index contributed by atoms with van der Waals surface area (Å²) in [6.45, 7) is 1.86. The fourth-order valence-corrected chi connectivity index (χ4v) is 1.62. The molecule has 0 bridgehead atoms. The van der Waals surface area contributed by atoms with E-state index in [-0.39, 0.29) is 10.7 Å². The van der Waals surface area contributed by atoms with E-state index in [4.69, 9.17) is 10.5 Å². The predicted octanol–water partition coefficient (Wildman–Crippen LogP) is 1.65. The maximum Gasteiger partial charge on any atom is 0.359 e. The Bertz CT molecular complexity index is 524. The fraction of sp³-hybridized carbons (Fsp3) is 0.100. The molecule has 1 aromatic heterocycles. The van der Waals surface area contributed by atoms with Crippen molar-refractivity contribution >= 4 is 23.3 Å². The zero-order chi connectivity index (χ0) is 11.5. The van der Waals surface area contributed by atoms with Crippen LogP contribution >= 0.6 is 11.5 Å². The van der Waals surface area contributed by atoms with E-state index in [0.29, 0.717) is 5.75 Å². The fourth-order valence-electron chi connectivity index (χ4n) is 1.16. The average Bonchev–Trinajstić information content (AvgIpc) is 2.68. The van der Waals surface area contributed by atoms with Crippen molar-refractivity contribution in [1.82, 2.24) is 9.59 Å². The summed E-state index contributed by atoms with van der Waals surface area (Å²) in [5.74, 6) is 0.0886. The second-order valence-corrected chi connectivity index (χ2v) is 3.90. The first-order chi connectivity index (χ1) is 7.68. The SMILES string of the molecule is Cc1ccccc1OC(=O)c1snnc1N. The van der Waals surface area contributed by atoms with Gasteiger partial charge in [0, 0.05) is 0 Å². The summed E-state index contributed by atoms with van der Waals surface area (Å²) >= 11 is 0.922. The van der Waals surface area contributed by atoms with Gasteiger partial charge in [0.2, 0.25) is 0 Å². The molecule has 1 aromatic carbocycles. The van der Waals surface area contributed by atoms with Gasteiger partial charge in [0.1, 0.15) is 5.75 Å². The molecule has 2 aromatic rings. The van der Waals surface area contributed by atoms with Crippen molar-refractivity contribution in [1.29, 1.82) is 0 Å². The minimum atomic E-state index is -0.526. The van der Waals surface area contributed by atoms with E-state index >= 15 is 0 Å². The largest absolute Gasteiger partial charge is 0.422 e. The van der Waals surface area contributed by atoms with Crippen LogP contribution in [0.15, 0.2) is 24.3 Å². The molecule has 0 aliphatic carbocycles. The van der Waals surface area contributed by atoms with Crippen molar-refractivity contribution in [3.05, 3.63) is 34.7 Å². The van der Waals surface area contributed by atoms with Crippen molar-refractivity contribution in [3.8, 4) is 5.75 Å². The molecule has 0 fully saturated rings. The van der Waals surface area contributed by atoms with Crippen LogP contribution in [0.2, 0.25) is 0 Å². The molecule has 2 N–H and O–H groups in total. The van der Waals surface area contributed by atoms with Gasteiger partial charge in [0.25, 0.3) is 0 Å². The highest BCUT2D eigenvalue weighted by Gasteiger charge is 2.16. The third kappa shape index (κ3) is 2.01. The number of hydrogen-bond donors (Lipinski definition) is 1. The molecule has 5 nitrogen and oxygen atoms in total. The molecule has 0 unspecified atom stereocenters. The summed E-state index contributed by atoms with van der Waals surface area (Å²) in [5.41, 5.74) is 6.35. The van der Waals surface area contributed by atoms with Crippen LogP contribution in [-0.2, 0) is 0 Å². The molecule has 0 atom stereocenters. The molecule has 2 rings (SSSR count). The van der Waals surface area contributed by atoms with Crippen LogP contribution in [-0.4, -0.2) is 15.6 Å². The van der Waals surface area contributed by atoms with E-state index in [9.17, 15) is 4.79 Å². The van der Waals surface area contributed by atoms with Gasteiger partial charge < -0.3 is 10.5 Å². The number of carbonyl (C=O) groups is 1. The summed E-state index contributed by atoms with van der Waals surface area (Å²) in [6.07, 6.45) is 0. The molecule has 82 valence electrons. The van der Waals surface area contributed by atoms with Crippen molar-refractivity contribution in [3.63, 3.8) is 0 Å². The topological polar surface area (TPSA) is 78.1 Å². The highest BCUT2D eigenvalue weighted by atomic mass is 32.1. The molecule has 0 radical (unpaired) electrons. The van der Waals surface area contributed by atoms with Gasteiger partial charge in [-0.05, 0) is 30.1 Å². The molecule has 16 heavy (non-hydrogen) atoms. The number of aromatic nitrogens is 2. The molecular weight excluding hydrogens is 226 g/mol. The average molecular weight is 235 g/mol. The lowest BCUT2D eigenvalue weighted by atomic mass is 10.2. The van der Waals surface area contributed by atoms with Crippen LogP contribution in [0.1, 0.15) is 15.2 Å². The minimum absolute atomic E-state index is 0.101. The Morgan fingerprint density at radius 1 is 1.44 bits per heavy atom. The number of carbonyl (C=O) groups excluding carboxylic acids is 1. The number of hydrogen-bond acceptors (Lipinski definition) is 6. The summed E-state index contributed by atoms with van der Waals surface area (Å²) in [6, 6.07) is 7.24. The van der Waals surface area contributed by atoms with Crippen molar-refractivity contribution in [2.45, 2.75) is 6.92 Å². The molecule has 0 saturated carbocycles. The van der Waals surface area contributed by atoms with E-state index in [0.717, 1.165) is 17.1 Å². The van der Waals surface area contributed by atoms with E-state index < -0.39 is 5.97 Å². The van der Waals surface area contributed by atoms with Crippen molar-refractivity contribution in [2.75, 3.05) is 5.73 Å². The highest BCUT2D eigenvalue weighted by molar-refractivity contribution is 7.08. The lowest BCUT2D eigenvalue weighted by Gasteiger charge is -2.04. The Morgan fingerprint density at radius 3 is 2.81 bits per heavy atom. The molecule has 0 aliphatic heterocycles. The third-order valence-corrected chi connectivity index (χ3v) is 2.72. The summed E-state index contributed by atoms with van der Waals surface area (Å²) in [7, 11) is 0. The Morgan fingerprint density at radius 2 is 2.19 bits per heavy atom. The van der Waals surface area contributed by atoms with Crippen LogP contribution in [0.4, 0.5) is 5.82 Å². The maximum absolute atomic E-state index is 11.7. The summed E-state index contributed by atoms with van der Waals surface area (Å²) in [5, 5.41) is 3.55. The van der Waals surface area contributed by atoms with Crippen LogP contribution in [0.3, 0.4) is 0 Å². The quantitative estimate of drug-likeness (QED) is 0.632. The van der Waals surface area contributed by atoms with Gasteiger partial charge >= 0.3 is 5.97 Å². The molecule has 0 saturated heterocycles. The first-order valence-corrected chi connectivity index (χ1v) is 5.31. The summed E-state index contributed by atoms with van der Waals surface area (Å²) in [4.78, 5) is 11.9. The van der Waals surface area contributed by atoms with E-state index in [1.807, 2.05) is 19.1 Å². The predicted molar refractivity (Wildman–Crippen MR) is 60.5 cm³/mol. The molecule has 6 heteroatoms. The number of nitrogens with two attached hydrogens (primary N) is 1. The zero-order valence-electron chi connectivity index (χ0n) is 8.51. The van der Waals surface area contributed by atoms with E-state index in [2.05, 4.69) is 9.59 Å². The second-order valence-electron chi connectivity index (χ2n) is 3.14. The van der Waals surface area contributed by atoms with E-state index in [1.54, 1.807) is 12.1 Å². The number of para-hydroxylation sites is 1. The Kier molecular flexibility index (Phi) is 2.82. The van der Waals surface area contributed by atoms with Crippen molar-refractivity contribution in [2.24, 2.45) is 0 Å². The third-order valence-electron chi connectivity index (χ3n) is 1.99. The molecule has 0 spiro atoms. The minimum Gasteiger partial charge on any atom is -0.422 e. The van der Waals surface area contributed by atoms with Gasteiger partial charge in [-0.3, -0.25) is 0 Å². The monoisotopic (exact) mass is 235 g/mol. The number of rotatable bonds is 2. The van der Waals surface area contributed by atoms with Crippen LogP contribution in [0, 0.1) is 6.92 Å². The van der Waals surface area contributed by atoms with Gasteiger partial charge in [-0.15, -0.1) is 5.10 Å². The number of ether oxygens (including phenoxy) is 1. The smallest absolute Gasteiger partial charge is 0.359 e. The van der Waals surface area contributed by atoms with Crippen LogP contribution in [0.5, 0.6) is 5.75 Å². The molecule has 0 amide bonds. The molecule has 1 heterocycles. The Balaban J connectivity index is 2.21. The first kappa shape index (κ1) is 10.6. The molecule has 0 aliphatic rings. The van der Waals surface area contributed by atoms with Crippen LogP contribution < -0.4 is 10.5 Å². The highest BCUT2D eigenvalue weighted by Crippen LogP contribution is 2.20. The van der Waals surface area contributed by atoms with Crippen LogP contribution in [0.25, 0.3) is 0 Å². The lowest BCUT2D eigenvalue weighted by molar-refractivity contribution is 0.0739. The van der Waals surface area contributed by atoms with Gasteiger partial charge in [0.15, 0.2) is 10.7 Å². The maximum atomic E-state index is 11.7. The Hall–Kier alpha value is -1.95. The number of aryl methyl sites for hydroxylation is 1. The number of anilines is 1. The first-order valence-electron chi connectivity index (χ1n) is 4.54.